The average molecular weight is 317 g/mol. The number of fused-ring (bicyclic) bond motifs is 1. The molecule has 0 saturated carbocycles. The van der Waals surface area contributed by atoms with Gasteiger partial charge in [0.2, 0.25) is 0 Å². The van der Waals surface area contributed by atoms with Crippen molar-refractivity contribution in [2.45, 2.75) is 38.6 Å². The normalized spacial score (nSPS) is 17.6. The van der Waals surface area contributed by atoms with Crippen molar-refractivity contribution < 1.29 is 19.1 Å². The van der Waals surface area contributed by atoms with E-state index in [-0.39, 0.29) is 12.5 Å². The molecule has 0 bridgehead atoms. The molecule has 0 radical (unpaired) electrons. The van der Waals surface area contributed by atoms with Crippen molar-refractivity contribution in [1.29, 1.82) is 0 Å². The first kappa shape index (κ1) is 17.1. The van der Waals surface area contributed by atoms with Crippen LogP contribution in [0.2, 0.25) is 0 Å². The van der Waals surface area contributed by atoms with Gasteiger partial charge in [0, 0.05) is 11.7 Å². The van der Waals surface area contributed by atoms with Gasteiger partial charge in [-0.2, -0.15) is 0 Å². The predicted octanol–water partition coefficient (Wildman–Crippen LogP) is 2.14. The molecule has 1 atom stereocenters. The minimum atomic E-state index is -0.503. The van der Waals surface area contributed by atoms with Gasteiger partial charge in [-0.3, -0.25) is 4.79 Å². The van der Waals surface area contributed by atoms with Crippen molar-refractivity contribution in [3.05, 3.63) is 46.7 Å². The summed E-state index contributed by atoms with van der Waals surface area (Å²) in [6.45, 7) is 1.80. The third-order valence-electron chi connectivity index (χ3n) is 4.20. The number of allylic oxidation sites excluding steroid dienone is 1. The van der Waals surface area contributed by atoms with Crippen LogP contribution in [0.3, 0.4) is 0 Å². The van der Waals surface area contributed by atoms with Gasteiger partial charge in [0.05, 0.1) is 26.2 Å². The van der Waals surface area contributed by atoms with Crippen molar-refractivity contribution in [3.63, 3.8) is 0 Å². The first-order valence-corrected chi connectivity index (χ1v) is 7.73. The fraction of sp³-hybridized carbons (Fsp3) is 0.444. The Bertz CT molecular complexity index is 621. The molecule has 1 aromatic carbocycles. The van der Waals surface area contributed by atoms with E-state index < -0.39 is 11.9 Å². The van der Waals surface area contributed by atoms with Crippen LogP contribution >= 0.6 is 0 Å². The monoisotopic (exact) mass is 317 g/mol. The fourth-order valence-electron chi connectivity index (χ4n) is 2.91. The molecule has 1 aromatic rings. The second-order valence-corrected chi connectivity index (χ2v) is 5.70. The molecule has 1 N–H and O–H groups in total. The number of carbonyl (C=O) groups excluding carboxylic acids is 2. The van der Waals surface area contributed by atoms with Crippen molar-refractivity contribution in [1.82, 2.24) is 5.32 Å². The molecule has 124 valence electrons. The molecule has 0 spiro atoms. The molecule has 1 aliphatic carbocycles. The summed E-state index contributed by atoms with van der Waals surface area (Å²) in [5.74, 6) is -0.961. The van der Waals surface area contributed by atoms with E-state index in [9.17, 15) is 9.59 Å². The molecule has 1 aliphatic rings. The molecule has 0 saturated heterocycles. The summed E-state index contributed by atoms with van der Waals surface area (Å²) in [6.07, 6.45) is 2.80. The van der Waals surface area contributed by atoms with Gasteiger partial charge >= 0.3 is 11.9 Å². The van der Waals surface area contributed by atoms with Crippen LogP contribution in [0.1, 0.15) is 30.9 Å². The minimum Gasteiger partial charge on any atom is -0.469 e. The van der Waals surface area contributed by atoms with Crippen molar-refractivity contribution in [2.24, 2.45) is 0 Å². The summed E-state index contributed by atoms with van der Waals surface area (Å²) in [6, 6.07) is 8.63. The molecular weight excluding hydrogens is 294 g/mol. The van der Waals surface area contributed by atoms with E-state index in [0.717, 1.165) is 19.3 Å². The number of methoxy groups -OCH3 is 2. The van der Waals surface area contributed by atoms with Crippen LogP contribution in [0, 0.1) is 0 Å². The predicted molar refractivity (Wildman–Crippen MR) is 86.7 cm³/mol. The number of ether oxygens (including phenoxy) is 2. The van der Waals surface area contributed by atoms with E-state index in [0.29, 0.717) is 11.3 Å². The van der Waals surface area contributed by atoms with Crippen LogP contribution in [-0.2, 0) is 31.9 Å². The number of esters is 2. The number of rotatable bonds is 5. The Morgan fingerprint density at radius 1 is 1.17 bits per heavy atom. The lowest BCUT2D eigenvalue weighted by Gasteiger charge is -2.27. The number of benzene rings is 1. The molecule has 2 rings (SSSR count). The summed E-state index contributed by atoms with van der Waals surface area (Å²) >= 11 is 0. The summed E-state index contributed by atoms with van der Waals surface area (Å²) in [5, 5.41) is 3.38. The summed E-state index contributed by atoms with van der Waals surface area (Å²) < 4.78 is 9.43. The van der Waals surface area contributed by atoms with E-state index in [1.54, 1.807) is 6.92 Å². The van der Waals surface area contributed by atoms with Gasteiger partial charge in [-0.05, 0) is 37.3 Å². The first-order valence-electron chi connectivity index (χ1n) is 7.73. The highest BCUT2D eigenvalue weighted by atomic mass is 16.5. The van der Waals surface area contributed by atoms with Gasteiger partial charge in [0.1, 0.15) is 0 Å². The lowest BCUT2D eigenvalue weighted by Crippen LogP contribution is -2.34. The maximum atomic E-state index is 11.9. The zero-order valence-electron chi connectivity index (χ0n) is 13.8. The van der Waals surface area contributed by atoms with Gasteiger partial charge in [0.15, 0.2) is 0 Å². The molecule has 1 unspecified atom stereocenters. The highest BCUT2D eigenvalue weighted by Gasteiger charge is 2.22. The van der Waals surface area contributed by atoms with E-state index >= 15 is 0 Å². The van der Waals surface area contributed by atoms with Crippen molar-refractivity contribution >= 4 is 11.9 Å². The Labute approximate surface area is 136 Å². The second-order valence-electron chi connectivity index (χ2n) is 5.70. The van der Waals surface area contributed by atoms with Crippen LogP contribution < -0.4 is 5.32 Å². The molecule has 23 heavy (non-hydrogen) atoms. The van der Waals surface area contributed by atoms with E-state index in [4.69, 9.17) is 4.74 Å². The summed E-state index contributed by atoms with van der Waals surface area (Å²) in [4.78, 5) is 23.4. The second kappa shape index (κ2) is 7.81. The van der Waals surface area contributed by atoms with Crippen LogP contribution in [-0.4, -0.2) is 32.2 Å². The maximum Gasteiger partial charge on any atom is 0.336 e. The van der Waals surface area contributed by atoms with Gasteiger partial charge < -0.3 is 14.8 Å². The summed E-state index contributed by atoms with van der Waals surface area (Å²) in [7, 11) is 2.61. The SMILES string of the molecule is COC(=O)CC(C(=O)OC)=C(C)NC1CCc2ccccc2C1. The van der Waals surface area contributed by atoms with Crippen LogP contribution in [0.15, 0.2) is 35.5 Å². The van der Waals surface area contributed by atoms with Gasteiger partial charge in [-0.25, -0.2) is 4.79 Å². The number of aryl methyl sites for hydroxylation is 1. The Morgan fingerprint density at radius 3 is 2.52 bits per heavy atom. The third kappa shape index (κ3) is 4.34. The Balaban J connectivity index is 2.12. The Kier molecular flexibility index (Phi) is 5.79. The maximum absolute atomic E-state index is 11.9. The van der Waals surface area contributed by atoms with Crippen LogP contribution in [0.5, 0.6) is 0 Å². The largest absolute Gasteiger partial charge is 0.469 e. The molecule has 0 amide bonds. The van der Waals surface area contributed by atoms with Crippen LogP contribution in [0.4, 0.5) is 0 Å². The molecule has 5 heteroatoms. The molecule has 0 aliphatic heterocycles. The Morgan fingerprint density at radius 2 is 1.87 bits per heavy atom. The zero-order valence-corrected chi connectivity index (χ0v) is 13.8. The number of nitrogens with one attached hydrogen (secondary N) is 1. The standard InChI is InChI=1S/C18H23NO4/c1-12(16(18(21)23-3)11-17(20)22-2)19-15-9-8-13-6-4-5-7-14(13)10-15/h4-7,15,19H,8-11H2,1-3H3. The van der Waals surface area contributed by atoms with Gasteiger partial charge in [-0.15, -0.1) is 0 Å². The van der Waals surface area contributed by atoms with E-state index in [1.165, 1.54) is 25.3 Å². The molecule has 5 nitrogen and oxygen atoms in total. The fourth-order valence-corrected chi connectivity index (χ4v) is 2.91. The first-order chi connectivity index (χ1) is 11.0. The lowest BCUT2D eigenvalue weighted by molar-refractivity contribution is -0.143. The van der Waals surface area contributed by atoms with E-state index in [1.807, 2.05) is 6.07 Å². The average Bonchev–Trinajstić information content (AvgIpc) is 2.58. The molecule has 0 aromatic heterocycles. The molecule has 0 heterocycles. The number of carbonyl (C=O) groups is 2. The topological polar surface area (TPSA) is 64.6 Å². The third-order valence-corrected chi connectivity index (χ3v) is 4.20. The minimum absolute atomic E-state index is 0.0920. The number of hydrogen-bond donors (Lipinski definition) is 1. The Hall–Kier alpha value is -2.30. The molecular formula is C18H23NO4. The molecule has 0 fully saturated rings. The number of hydrogen-bond acceptors (Lipinski definition) is 5. The highest BCUT2D eigenvalue weighted by Crippen LogP contribution is 2.22. The van der Waals surface area contributed by atoms with E-state index in [2.05, 4.69) is 28.3 Å². The quantitative estimate of drug-likeness (QED) is 0.666. The summed E-state index contributed by atoms with van der Waals surface area (Å²) in [5.41, 5.74) is 3.71. The van der Waals surface area contributed by atoms with Crippen molar-refractivity contribution in [3.8, 4) is 0 Å². The van der Waals surface area contributed by atoms with Gasteiger partial charge in [0.25, 0.3) is 0 Å². The van der Waals surface area contributed by atoms with Crippen LogP contribution in [0.25, 0.3) is 0 Å². The smallest absolute Gasteiger partial charge is 0.336 e. The highest BCUT2D eigenvalue weighted by molar-refractivity contribution is 5.94. The van der Waals surface area contributed by atoms with Gasteiger partial charge in [-0.1, -0.05) is 24.3 Å². The van der Waals surface area contributed by atoms with Crippen molar-refractivity contribution in [2.75, 3.05) is 14.2 Å². The zero-order chi connectivity index (χ0) is 16.8. The lowest BCUT2D eigenvalue weighted by atomic mass is 9.88.